The van der Waals surface area contributed by atoms with Gasteiger partial charge in [-0.1, -0.05) is 90.1 Å². The molecule has 0 radical (unpaired) electrons. The van der Waals surface area contributed by atoms with Crippen molar-refractivity contribution in [3.8, 4) is 11.5 Å². The standard InChI is InChI=1S/C36H33BrClN5O3S/c1-3-45-30-21-26(20-28(37)33(30)46-19-18-24-12-6-4-7-13-24)32-31(34(44)40-27-15-8-5-9-16-27)23(2)39-35-41-36(42-43(32)35)47-22-25-14-10-11-17-29(25)38/h4-17,20-21,32H,3,18-19,22H2,1-2H3,(H,40,44)(H,39,41,42). The number of nitrogens with one attached hydrogen (secondary N) is 2. The molecule has 0 saturated heterocycles. The summed E-state index contributed by atoms with van der Waals surface area (Å²) in [6.45, 7) is 4.71. The molecule has 0 saturated carbocycles. The Morgan fingerprint density at radius 3 is 2.49 bits per heavy atom. The molecule has 1 unspecified atom stereocenters. The Morgan fingerprint density at radius 2 is 1.74 bits per heavy atom. The van der Waals surface area contributed by atoms with Gasteiger partial charge in [0.05, 0.1) is 23.3 Å². The fourth-order valence-electron chi connectivity index (χ4n) is 5.34. The van der Waals surface area contributed by atoms with Gasteiger partial charge in [-0.2, -0.15) is 4.98 Å². The lowest BCUT2D eigenvalue weighted by Gasteiger charge is -2.29. The van der Waals surface area contributed by atoms with E-state index in [-0.39, 0.29) is 5.91 Å². The summed E-state index contributed by atoms with van der Waals surface area (Å²) in [6.07, 6.45) is 0.748. The molecule has 0 aliphatic carbocycles. The molecular weight excluding hydrogens is 698 g/mol. The van der Waals surface area contributed by atoms with E-state index in [1.54, 1.807) is 4.68 Å². The van der Waals surface area contributed by atoms with Crippen LogP contribution in [0.15, 0.2) is 118 Å². The SMILES string of the molecule is CCOc1cc(C2C(C(=O)Nc3ccccc3)=C(C)Nc3nc(SCc4ccccc4Cl)nn32)cc(Br)c1OCCc1ccccc1. The Balaban J connectivity index is 1.36. The van der Waals surface area contributed by atoms with Gasteiger partial charge in [0.2, 0.25) is 11.1 Å². The van der Waals surface area contributed by atoms with Gasteiger partial charge in [-0.3, -0.25) is 4.79 Å². The number of hydrogen-bond acceptors (Lipinski definition) is 7. The highest BCUT2D eigenvalue weighted by atomic mass is 79.9. The fourth-order valence-corrected chi connectivity index (χ4v) is 7.03. The van der Waals surface area contributed by atoms with E-state index in [4.69, 9.17) is 31.2 Å². The summed E-state index contributed by atoms with van der Waals surface area (Å²) >= 11 is 11.6. The molecular formula is C36H33BrClN5O3S. The zero-order valence-electron chi connectivity index (χ0n) is 25.9. The maximum absolute atomic E-state index is 14.0. The maximum Gasteiger partial charge on any atom is 0.255 e. The number of halogens is 2. The van der Waals surface area contributed by atoms with Crippen molar-refractivity contribution in [1.82, 2.24) is 14.8 Å². The average molecular weight is 731 g/mol. The quantitative estimate of drug-likeness (QED) is 0.124. The molecule has 240 valence electrons. The third-order valence-electron chi connectivity index (χ3n) is 7.55. The third kappa shape index (κ3) is 7.67. The molecule has 0 bridgehead atoms. The minimum atomic E-state index is -0.619. The molecule has 0 fully saturated rings. The van der Waals surface area contributed by atoms with Gasteiger partial charge in [0.1, 0.15) is 6.04 Å². The number of rotatable bonds is 12. The van der Waals surface area contributed by atoms with Crippen molar-refractivity contribution in [3.05, 3.63) is 135 Å². The smallest absolute Gasteiger partial charge is 0.255 e. The Labute approximate surface area is 291 Å². The highest BCUT2D eigenvalue weighted by Crippen LogP contribution is 2.43. The summed E-state index contributed by atoms with van der Waals surface area (Å²) in [5, 5.41) is 12.5. The van der Waals surface area contributed by atoms with E-state index < -0.39 is 6.04 Å². The van der Waals surface area contributed by atoms with Crippen molar-refractivity contribution in [2.45, 2.75) is 37.2 Å². The molecule has 4 aromatic carbocycles. The molecule has 11 heteroatoms. The summed E-state index contributed by atoms with van der Waals surface area (Å²) in [5.74, 6) is 2.04. The number of thioether (sulfide) groups is 1. The number of anilines is 2. The van der Waals surface area contributed by atoms with Crippen LogP contribution in [0.5, 0.6) is 11.5 Å². The van der Waals surface area contributed by atoms with Gasteiger partial charge in [0.15, 0.2) is 11.5 Å². The first-order valence-corrected chi connectivity index (χ1v) is 17.4. The molecule has 8 nitrogen and oxygen atoms in total. The second-order valence-electron chi connectivity index (χ2n) is 10.8. The number of ether oxygens (including phenoxy) is 2. The summed E-state index contributed by atoms with van der Waals surface area (Å²) in [7, 11) is 0. The molecule has 5 aromatic rings. The molecule has 1 aliphatic rings. The summed E-state index contributed by atoms with van der Waals surface area (Å²) in [5.41, 5.74) is 4.81. The zero-order valence-corrected chi connectivity index (χ0v) is 29.0. The van der Waals surface area contributed by atoms with E-state index in [0.29, 0.717) is 68.0 Å². The predicted octanol–water partition coefficient (Wildman–Crippen LogP) is 8.93. The highest BCUT2D eigenvalue weighted by molar-refractivity contribution is 9.10. The number of hydrogen-bond donors (Lipinski definition) is 2. The van der Waals surface area contributed by atoms with Crippen molar-refractivity contribution in [2.75, 3.05) is 23.8 Å². The Bertz CT molecular complexity index is 1900. The van der Waals surface area contributed by atoms with E-state index in [0.717, 1.165) is 17.5 Å². The van der Waals surface area contributed by atoms with Gasteiger partial charge in [-0.05, 0) is 76.8 Å². The lowest BCUT2D eigenvalue weighted by Crippen LogP contribution is -2.31. The van der Waals surface area contributed by atoms with Crippen LogP contribution in [0, 0.1) is 0 Å². The van der Waals surface area contributed by atoms with Crippen molar-refractivity contribution >= 4 is 56.8 Å². The lowest BCUT2D eigenvalue weighted by molar-refractivity contribution is -0.113. The topological polar surface area (TPSA) is 90.3 Å². The number of amides is 1. The van der Waals surface area contributed by atoms with Crippen LogP contribution in [0.2, 0.25) is 5.02 Å². The number of nitrogens with zero attached hydrogens (tertiary/aromatic N) is 3. The first kappa shape index (κ1) is 32.7. The van der Waals surface area contributed by atoms with Gasteiger partial charge in [0, 0.05) is 28.6 Å². The predicted molar refractivity (Wildman–Crippen MR) is 192 cm³/mol. The number of benzene rings is 4. The van der Waals surface area contributed by atoms with E-state index in [2.05, 4.69) is 38.7 Å². The number of para-hydroxylation sites is 1. The Kier molecular flexibility index (Phi) is 10.5. The molecule has 6 rings (SSSR count). The average Bonchev–Trinajstić information content (AvgIpc) is 3.48. The zero-order chi connectivity index (χ0) is 32.8. The van der Waals surface area contributed by atoms with Crippen LogP contribution in [-0.4, -0.2) is 33.9 Å². The Hall–Kier alpha value is -4.25. The number of fused-ring (bicyclic) bond motifs is 1. The minimum absolute atomic E-state index is 0.255. The van der Waals surface area contributed by atoms with Crippen molar-refractivity contribution in [3.63, 3.8) is 0 Å². The third-order valence-corrected chi connectivity index (χ3v) is 9.40. The molecule has 1 atom stereocenters. The van der Waals surface area contributed by atoms with Crippen LogP contribution in [0.3, 0.4) is 0 Å². The highest BCUT2D eigenvalue weighted by Gasteiger charge is 2.35. The van der Waals surface area contributed by atoms with Gasteiger partial charge in [-0.15, -0.1) is 5.10 Å². The monoisotopic (exact) mass is 729 g/mol. The largest absolute Gasteiger partial charge is 0.490 e. The summed E-state index contributed by atoms with van der Waals surface area (Å²) in [4.78, 5) is 18.8. The Morgan fingerprint density at radius 1 is 1.02 bits per heavy atom. The first-order chi connectivity index (χ1) is 22.9. The van der Waals surface area contributed by atoms with E-state index in [1.165, 1.54) is 17.3 Å². The fraction of sp³-hybridized carbons (Fsp3) is 0.194. The molecule has 2 heterocycles. The molecule has 47 heavy (non-hydrogen) atoms. The van der Waals surface area contributed by atoms with Crippen LogP contribution in [0.1, 0.15) is 36.6 Å². The number of allylic oxidation sites excluding steroid dienone is 1. The van der Waals surface area contributed by atoms with Crippen LogP contribution in [-0.2, 0) is 17.0 Å². The van der Waals surface area contributed by atoms with Crippen molar-refractivity contribution in [1.29, 1.82) is 0 Å². The van der Waals surface area contributed by atoms with Crippen LogP contribution in [0.4, 0.5) is 11.6 Å². The molecule has 1 aliphatic heterocycles. The van der Waals surface area contributed by atoms with Crippen LogP contribution in [0.25, 0.3) is 0 Å². The first-order valence-electron chi connectivity index (χ1n) is 15.2. The maximum atomic E-state index is 14.0. The van der Waals surface area contributed by atoms with Crippen molar-refractivity contribution < 1.29 is 14.3 Å². The van der Waals surface area contributed by atoms with E-state index in [9.17, 15) is 4.79 Å². The minimum Gasteiger partial charge on any atom is -0.490 e. The van der Waals surface area contributed by atoms with Crippen LogP contribution >= 0.6 is 39.3 Å². The summed E-state index contributed by atoms with van der Waals surface area (Å²) in [6, 6.07) is 30.6. The normalized spacial score (nSPS) is 13.9. The number of carbonyl (C=O) groups excluding carboxylic acids is 1. The number of carbonyl (C=O) groups is 1. The van der Waals surface area contributed by atoms with Gasteiger partial charge in [-0.25, -0.2) is 4.68 Å². The second kappa shape index (κ2) is 15.1. The molecule has 2 N–H and O–H groups in total. The molecule has 1 amide bonds. The van der Waals surface area contributed by atoms with Crippen LogP contribution < -0.4 is 20.1 Å². The van der Waals surface area contributed by atoms with Crippen molar-refractivity contribution in [2.24, 2.45) is 0 Å². The van der Waals surface area contributed by atoms with E-state index >= 15 is 0 Å². The molecule has 1 aromatic heterocycles. The van der Waals surface area contributed by atoms with Gasteiger partial charge < -0.3 is 20.1 Å². The second-order valence-corrected chi connectivity index (χ2v) is 13.0. The summed E-state index contributed by atoms with van der Waals surface area (Å²) < 4.78 is 14.9. The van der Waals surface area contributed by atoms with Gasteiger partial charge >= 0.3 is 0 Å². The number of aromatic nitrogens is 3. The van der Waals surface area contributed by atoms with E-state index in [1.807, 2.05) is 98.8 Å². The lowest BCUT2D eigenvalue weighted by atomic mass is 9.94. The van der Waals surface area contributed by atoms with Gasteiger partial charge in [0.25, 0.3) is 5.91 Å². The molecule has 0 spiro atoms.